The maximum Gasteiger partial charge on any atom is 0.303 e. The zero-order chi connectivity index (χ0) is 19.1. The van der Waals surface area contributed by atoms with Crippen molar-refractivity contribution < 1.29 is 19.4 Å². The number of nitrogens with one attached hydrogen (secondary N) is 1. The van der Waals surface area contributed by atoms with Crippen molar-refractivity contribution in [2.45, 2.75) is 38.1 Å². The number of carbonyl (C=O) groups excluding carboxylic acids is 1. The highest BCUT2D eigenvalue weighted by molar-refractivity contribution is 5.76. The highest BCUT2D eigenvalue weighted by Crippen LogP contribution is 2.49. The van der Waals surface area contributed by atoms with Crippen LogP contribution in [-0.2, 0) is 16.1 Å². The van der Waals surface area contributed by atoms with E-state index >= 15 is 0 Å². The molecule has 27 heavy (non-hydrogen) atoms. The third-order valence-electron chi connectivity index (χ3n) is 4.81. The smallest absolute Gasteiger partial charge is 0.303 e. The fourth-order valence-corrected chi connectivity index (χ4v) is 3.21. The van der Waals surface area contributed by atoms with Crippen molar-refractivity contribution in [1.82, 2.24) is 5.32 Å². The second-order valence-electron chi connectivity index (χ2n) is 6.98. The highest BCUT2D eigenvalue weighted by Gasteiger charge is 2.39. The molecule has 2 atom stereocenters. The van der Waals surface area contributed by atoms with Gasteiger partial charge in [-0.1, -0.05) is 42.5 Å². The first kappa shape index (κ1) is 19.0. The minimum absolute atomic E-state index is 0.0902. The van der Waals surface area contributed by atoms with Gasteiger partial charge in [-0.25, -0.2) is 0 Å². The summed E-state index contributed by atoms with van der Waals surface area (Å²) in [6.45, 7) is 0.882. The van der Waals surface area contributed by atoms with E-state index in [1.807, 2.05) is 42.5 Å². The molecule has 5 heteroatoms. The van der Waals surface area contributed by atoms with Crippen LogP contribution in [0.4, 0.5) is 0 Å². The largest absolute Gasteiger partial charge is 0.494 e. The number of rotatable bonds is 10. The van der Waals surface area contributed by atoms with Gasteiger partial charge in [-0.05, 0) is 47.9 Å². The summed E-state index contributed by atoms with van der Waals surface area (Å²) in [7, 11) is 0. The molecule has 1 fully saturated rings. The average molecular weight is 367 g/mol. The number of carboxylic acids is 1. The summed E-state index contributed by atoms with van der Waals surface area (Å²) < 4.78 is 5.50. The van der Waals surface area contributed by atoms with Gasteiger partial charge >= 0.3 is 5.97 Å². The van der Waals surface area contributed by atoms with Crippen LogP contribution >= 0.6 is 0 Å². The quantitative estimate of drug-likeness (QED) is 0.627. The van der Waals surface area contributed by atoms with Crippen LogP contribution in [0.3, 0.4) is 0 Å². The van der Waals surface area contributed by atoms with Crippen molar-refractivity contribution in [2.75, 3.05) is 6.61 Å². The standard InChI is InChI=1S/C22H25NO4/c24-21(14-18-13-20(18)17-5-2-1-3-6-17)23-15-16-8-10-19(11-9-16)27-12-4-7-22(25)26/h1-3,5-6,8-11,18,20H,4,7,12-15H2,(H,23,24)(H,25,26)/t18-,20-/m0/s1. The number of aliphatic carboxylic acids is 1. The van der Waals surface area contributed by atoms with E-state index in [1.165, 1.54) is 5.56 Å². The fraction of sp³-hybridized carbons (Fsp3) is 0.364. The molecular weight excluding hydrogens is 342 g/mol. The molecule has 0 radical (unpaired) electrons. The van der Waals surface area contributed by atoms with Crippen molar-refractivity contribution in [3.63, 3.8) is 0 Å². The van der Waals surface area contributed by atoms with Crippen LogP contribution in [0.1, 0.15) is 42.7 Å². The number of benzene rings is 2. The average Bonchev–Trinajstić information content (AvgIpc) is 3.44. The number of hydrogen-bond acceptors (Lipinski definition) is 3. The summed E-state index contributed by atoms with van der Waals surface area (Å²) in [5.41, 5.74) is 2.34. The topological polar surface area (TPSA) is 75.6 Å². The number of carboxylic acid groups (broad SMARTS) is 1. The van der Waals surface area contributed by atoms with Gasteiger partial charge in [-0.15, -0.1) is 0 Å². The summed E-state index contributed by atoms with van der Waals surface area (Å²) in [6, 6.07) is 17.9. The summed E-state index contributed by atoms with van der Waals surface area (Å²) in [4.78, 5) is 22.6. The van der Waals surface area contributed by atoms with Gasteiger partial charge in [-0.2, -0.15) is 0 Å². The monoisotopic (exact) mass is 367 g/mol. The molecule has 0 aliphatic heterocycles. The molecule has 0 saturated heterocycles. The normalized spacial score (nSPS) is 17.9. The zero-order valence-electron chi connectivity index (χ0n) is 15.3. The Balaban J connectivity index is 1.35. The molecule has 1 amide bonds. The second kappa shape index (κ2) is 9.21. The molecule has 1 aliphatic carbocycles. The lowest BCUT2D eigenvalue weighted by Crippen LogP contribution is -2.23. The number of hydrogen-bond donors (Lipinski definition) is 2. The van der Waals surface area contributed by atoms with Crippen molar-refractivity contribution in [3.8, 4) is 5.75 Å². The first-order valence-electron chi connectivity index (χ1n) is 9.37. The molecule has 0 aromatic heterocycles. The lowest BCUT2D eigenvalue weighted by atomic mass is 10.1. The number of carbonyl (C=O) groups is 2. The van der Waals surface area contributed by atoms with E-state index in [4.69, 9.17) is 9.84 Å². The summed E-state index contributed by atoms with van der Waals surface area (Å²) in [6.07, 6.45) is 2.25. The first-order valence-corrected chi connectivity index (χ1v) is 9.37. The van der Waals surface area contributed by atoms with Crippen LogP contribution < -0.4 is 10.1 Å². The maximum atomic E-state index is 12.2. The van der Waals surface area contributed by atoms with Crippen LogP contribution in [0.5, 0.6) is 5.75 Å². The van der Waals surface area contributed by atoms with Crippen LogP contribution in [-0.4, -0.2) is 23.6 Å². The molecule has 0 heterocycles. The summed E-state index contributed by atoms with van der Waals surface area (Å²) in [5.74, 6) is 0.959. The van der Waals surface area contributed by atoms with Gasteiger partial charge in [0.2, 0.25) is 5.91 Å². The number of amides is 1. The van der Waals surface area contributed by atoms with E-state index in [0.717, 1.165) is 12.0 Å². The summed E-state index contributed by atoms with van der Waals surface area (Å²) >= 11 is 0. The molecule has 3 rings (SSSR count). The Kier molecular flexibility index (Phi) is 6.47. The first-order chi connectivity index (χ1) is 13.1. The lowest BCUT2D eigenvalue weighted by Gasteiger charge is -2.08. The van der Waals surface area contributed by atoms with Crippen molar-refractivity contribution in [1.29, 1.82) is 0 Å². The highest BCUT2D eigenvalue weighted by atomic mass is 16.5. The van der Waals surface area contributed by atoms with Gasteiger partial charge in [0.1, 0.15) is 5.75 Å². The third kappa shape index (κ3) is 6.13. The molecule has 5 nitrogen and oxygen atoms in total. The van der Waals surface area contributed by atoms with E-state index in [1.54, 1.807) is 0 Å². The minimum Gasteiger partial charge on any atom is -0.494 e. The summed E-state index contributed by atoms with van der Waals surface area (Å²) in [5, 5.41) is 11.6. The van der Waals surface area contributed by atoms with E-state index in [-0.39, 0.29) is 12.3 Å². The minimum atomic E-state index is -0.814. The van der Waals surface area contributed by atoms with Crippen molar-refractivity contribution >= 4 is 11.9 Å². The predicted octanol–water partition coefficient (Wildman–Crippen LogP) is 3.74. The molecule has 1 saturated carbocycles. The van der Waals surface area contributed by atoms with Crippen LogP contribution in [0.2, 0.25) is 0 Å². The molecule has 0 bridgehead atoms. The Morgan fingerprint density at radius 1 is 1.07 bits per heavy atom. The Labute approximate surface area is 159 Å². The van der Waals surface area contributed by atoms with E-state index in [0.29, 0.717) is 43.6 Å². The van der Waals surface area contributed by atoms with Crippen LogP contribution in [0, 0.1) is 5.92 Å². The molecule has 142 valence electrons. The zero-order valence-corrected chi connectivity index (χ0v) is 15.3. The van der Waals surface area contributed by atoms with Crippen molar-refractivity contribution in [2.24, 2.45) is 5.92 Å². The Morgan fingerprint density at radius 3 is 2.52 bits per heavy atom. The maximum absolute atomic E-state index is 12.2. The predicted molar refractivity (Wildman–Crippen MR) is 103 cm³/mol. The Bertz CT molecular complexity index is 758. The molecule has 0 spiro atoms. The molecular formula is C22H25NO4. The van der Waals surface area contributed by atoms with Gasteiger partial charge < -0.3 is 15.2 Å². The molecule has 1 aliphatic rings. The lowest BCUT2D eigenvalue weighted by molar-refractivity contribution is -0.137. The second-order valence-corrected chi connectivity index (χ2v) is 6.98. The van der Waals surface area contributed by atoms with E-state index in [2.05, 4.69) is 17.4 Å². The van der Waals surface area contributed by atoms with Gasteiger partial charge in [0.25, 0.3) is 0 Å². The van der Waals surface area contributed by atoms with Gasteiger partial charge in [0.15, 0.2) is 0 Å². The van der Waals surface area contributed by atoms with Gasteiger partial charge in [-0.3, -0.25) is 9.59 Å². The third-order valence-corrected chi connectivity index (χ3v) is 4.81. The van der Waals surface area contributed by atoms with E-state index in [9.17, 15) is 9.59 Å². The van der Waals surface area contributed by atoms with Gasteiger partial charge in [0.05, 0.1) is 6.61 Å². The number of ether oxygens (including phenoxy) is 1. The van der Waals surface area contributed by atoms with Crippen LogP contribution in [0.15, 0.2) is 54.6 Å². The molecule has 2 N–H and O–H groups in total. The molecule has 2 aromatic rings. The SMILES string of the molecule is O=C(O)CCCOc1ccc(CNC(=O)C[C@@H]2C[C@H]2c2ccccc2)cc1. The molecule has 0 unspecified atom stereocenters. The Hall–Kier alpha value is -2.82. The van der Waals surface area contributed by atoms with E-state index < -0.39 is 5.97 Å². The van der Waals surface area contributed by atoms with Gasteiger partial charge in [0, 0.05) is 19.4 Å². The van der Waals surface area contributed by atoms with Crippen LogP contribution in [0.25, 0.3) is 0 Å². The Morgan fingerprint density at radius 2 is 1.81 bits per heavy atom. The molecule has 2 aromatic carbocycles. The van der Waals surface area contributed by atoms with Crippen molar-refractivity contribution in [3.05, 3.63) is 65.7 Å². The fourth-order valence-electron chi connectivity index (χ4n) is 3.21.